The van der Waals surface area contributed by atoms with Crippen molar-refractivity contribution in [2.45, 2.75) is 12.5 Å². The van der Waals surface area contributed by atoms with Gasteiger partial charge < -0.3 is 15.4 Å². The average molecular weight is 571 g/mol. The van der Waals surface area contributed by atoms with E-state index in [1.54, 1.807) is 24.3 Å². The molecule has 0 aliphatic rings. The van der Waals surface area contributed by atoms with Gasteiger partial charge >= 0.3 is 6.09 Å². The lowest BCUT2D eigenvalue weighted by atomic mass is 10.1. The van der Waals surface area contributed by atoms with Gasteiger partial charge in [-0.3, -0.25) is 9.69 Å². The lowest BCUT2D eigenvalue weighted by molar-refractivity contribution is -0.117. The van der Waals surface area contributed by atoms with Crippen LogP contribution in [0.4, 0.5) is 19.3 Å². The summed E-state index contributed by atoms with van der Waals surface area (Å²) in [6.45, 7) is 0. The molecular weight excluding hydrogens is 549 g/mol. The van der Waals surface area contributed by atoms with E-state index < -0.39 is 35.2 Å². The second kappa shape index (κ2) is 12.1. The van der Waals surface area contributed by atoms with Crippen molar-refractivity contribution in [1.29, 1.82) is 0 Å². The molecule has 0 aliphatic carbocycles. The third-order valence-corrected chi connectivity index (χ3v) is 6.47. The van der Waals surface area contributed by atoms with Gasteiger partial charge in [0.05, 0.1) is 11.1 Å². The zero-order valence-electron chi connectivity index (χ0n) is 20.5. The molecule has 3 N–H and O–H groups in total. The molecule has 200 valence electrons. The van der Waals surface area contributed by atoms with E-state index in [9.17, 15) is 23.5 Å². The number of nitrogens with zero attached hydrogens (tertiary/aromatic N) is 2. The molecule has 4 aromatic rings. The van der Waals surface area contributed by atoms with Crippen LogP contribution in [0, 0.1) is 11.6 Å². The SMILES string of the molecule is CN(C(=O)O)c1ccc(-c2nc([C@H](Cc3ccccc3)NC(=O)/C=C/c3c(F)ccc(Cl)c3F)[nH]c2Cl)cc1. The topological polar surface area (TPSA) is 98.3 Å². The first kappa shape index (κ1) is 27.8. The smallest absolute Gasteiger partial charge is 0.411 e. The van der Waals surface area contributed by atoms with Gasteiger partial charge in [0, 0.05) is 29.9 Å². The van der Waals surface area contributed by atoms with Crippen molar-refractivity contribution >= 4 is 47.0 Å². The van der Waals surface area contributed by atoms with Crippen molar-refractivity contribution in [3.63, 3.8) is 0 Å². The molecule has 39 heavy (non-hydrogen) atoms. The molecule has 0 bridgehead atoms. The summed E-state index contributed by atoms with van der Waals surface area (Å²) in [5, 5.41) is 11.9. The Hall–Kier alpha value is -4.21. The molecular formula is C28H22Cl2F2N4O3. The number of imidazole rings is 1. The van der Waals surface area contributed by atoms with Gasteiger partial charge in [-0.05, 0) is 42.3 Å². The Balaban J connectivity index is 1.61. The fourth-order valence-electron chi connectivity index (χ4n) is 3.82. The number of anilines is 1. The fourth-order valence-corrected chi connectivity index (χ4v) is 4.23. The van der Waals surface area contributed by atoms with E-state index in [0.29, 0.717) is 29.2 Å². The lowest BCUT2D eigenvalue weighted by Crippen LogP contribution is -2.29. The first-order chi connectivity index (χ1) is 18.6. The maximum absolute atomic E-state index is 14.2. The van der Waals surface area contributed by atoms with Gasteiger partial charge in [-0.15, -0.1) is 0 Å². The molecule has 1 heterocycles. The normalized spacial score (nSPS) is 11.9. The summed E-state index contributed by atoms with van der Waals surface area (Å²) in [5.41, 5.74) is 1.96. The van der Waals surface area contributed by atoms with E-state index in [1.165, 1.54) is 7.05 Å². The molecule has 1 atom stereocenters. The van der Waals surface area contributed by atoms with Gasteiger partial charge in [-0.1, -0.05) is 65.7 Å². The van der Waals surface area contributed by atoms with Gasteiger partial charge in [0.1, 0.15) is 22.5 Å². The quantitative estimate of drug-likeness (QED) is 0.159. The Morgan fingerprint density at radius 3 is 2.44 bits per heavy atom. The average Bonchev–Trinajstić information content (AvgIpc) is 3.32. The molecule has 1 aromatic heterocycles. The first-order valence-electron chi connectivity index (χ1n) is 11.6. The zero-order chi connectivity index (χ0) is 28.1. The summed E-state index contributed by atoms with van der Waals surface area (Å²) in [5.74, 6) is -2.09. The third-order valence-electron chi connectivity index (χ3n) is 5.90. The molecule has 7 nitrogen and oxygen atoms in total. The molecule has 0 fully saturated rings. The van der Waals surface area contributed by atoms with Crippen LogP contribution in [0.2, 0.25) is 10.2 Å². The minimum atomic E-state index is -1.10. The number of hydrogen-bond donors (Lipinski definition) is 3. The number of benzene rings is 3. The van der Waals surface area contributed by atoms with Gasteiger partial charge in [0.15, 0.2) is 5.82 Å². The standard InChI is InChI=1S/C28H22Cl2F2N4O3/c1-36(28(38)39)18-9-7-17(8-10-18)25-26(30)35-27(34-25)22(15-16-5-3-2-4-6-16)33-23(37)14-11-19-21(31)13-12-20(29)24(19)32/h2-14,22H,15H2,1H3,(H,33,37)(H,34,35)(H,38,39)/b14-11+/t22-/m0/s1. The molecule has 0 aliphatic heterocycles. The van der Waals surface area contributed by atoms with Gasteiger partial charge in [0.2, 0.25) is 5.91 Å². The molecule has 0 saturated carbocycles. The predicted octanol–water partition coefficient (Wildman–Crippen LogP) is 6.89. The number of hydrogen-bond acceptors (Lipinski definition) is 3. The van der Waals surface area contributed by atoms with Crippen molar-refractivity contribution in [2.75, 3.05) is 11.9 Å². The summed E-state index contributed by atoms with van der Waals surface area (Å²) < 4.78 is 28.3. The summed E-state index contributed by atoms with van der Waals surface area (Å²) >= 11 is 12.2. The van der Waals surface area contributed by atoms with Gasteiger partial charge in [-0.2, -0.15) is 0 Å². The summed E-state index contributed by atoms with van der Waals surface area (Å²) in [6, 6.07) is 17.4. The molecule has 2 amide bonds. The molecule has 0 unspecified atom stereocenters. The van der Waals surface area contributed by atoms with Crippen molar-refractivity contribution in [3.8, 4) is 11.3 Å². The number of carbonyl (C=O) groups is 2. The first-order valence-corrected chi connectivity index (χ1v) is 12.4. The van der Waals surface area contributed by atoms with Crippen LogP contribution in [-0.2, 0) is 11.2 Å². The van der Waals surface area contributed by atoms with Crippen LogP contribution in [0.25, 0.3) is 17.3 Å². The molecule has 0 radical (unpaired) electrons. The maximum Gasteiger partial charge on any atom is 0.411 e. The number of aromatic nitrogens is 2. The van der Waals surface area contributed by atoms with Crippen molar-refractivity contribution in [3.05, 3.63) is 112 Å². The second-order valence-corrected chi connectivity index (χ2v) is 9.30. The Labute approximate surface area is 232 Å². The Kier molecular flexibility index (Phi) is 8.63. The monoisotopic (exact) mass is 570 g/mol. The zero-order valence-corrected chi connectivity index (χ0v) is 22.0. The van der Waals surface area contributed by atoms with Crippen molar-refractivity contribution in [2.24, 2.45) is 0 Å². The lowest BCUT2D eigenvalue weighted by Gasteiger charge is -2.16. The van der Waals surface area contributed by atoms with Crippen LogP contribution < -0.4 is 10.2 Å². The van der Waals surface area contributed by atoms with E-state index in [2.05, 4.69) is 15.3 Å². The molecule has 0 saturated heterocycles. The Morgan fingerprint density at radius 2 is 1.77 bits per heavy atom. The third kappa shape index (κ3) is 6.63. The highest BCUT2D eigenvalue weighted by atomic mass is 35.5. The molecule has 11 heteroatoms. The number of aromatic amines is 1. The van der Waals surface area contributed by atoms with E-state index in [4.69, 9.17) is 23.2 Å². The number of amides is 2. The second-order valence-electron chi connectivity index (χ2n) is 8.51. The molecule has 4 rings (SSSR count). The number of halogens is 4. The highest BCUT2D eigenvalue weighted by Gasteiger charge is 2.21. The number of nitrogens with one attached hydrogen (secondary N) is 2. The minimum absolute atomic E-state index is 0.218. The molecule has 3 aromatic carbocycles. The van der Waals surface area contributed by atoms with Crippen LogP contribution in [0.3, 0.4) is 0 Å². The van der Waals surface area contributed by atoms with Gasteiger partial charge in [-0.25, -0.2) is 18.6 Å². The summed E-state index contributed by atoms with van der Waals surface area (Å²) in [7, 11) is 1.43. The minimum Gasteiger partial charge on any atom is -0.465 e. The van der Waals surface area contributed by atoms with E-state index in [-0.39, 0.29) is 10.2 Å². The van der Waals surface area contributed by atoms with E-state index in [1.807, 2.05) is 30.3 Å². The van der Waals surface area contributed by atoms with Crippen LogP contribution in [-0.4, -0.2) is 34.1 Å². The highest BCUT2D eigenvalue weighted by molar-refractivity contribution is 6.32. The van der Waals surface area contributed by atoms with Gasteiger partial charge in [0.25, 0.3) is 0 Å². The van der Waals surface area contributed by atoms with E-state index in [0.717, 1.165) is 34.7 Å². The van der Waals surface area contributed by atoms with Crippen molar-refractivity contribution < 1.29 is 23.5 Å². The van der Waals surface area contributed by atoms with E-state index >= 15 is 0 Å². The van der Waals surface area contributed by atoms with Crippen LogP contribution >= 0.6 is 23.2 Å². The summed E-state index contributed by atoms with van der Waals surface area (Å²) in [4.78, 5) is 32.7. The molecule has 0 spiro atoms. The highest BCUT2D eigenvalue weighted by Crippen LogP contribution is 2.30. The van der Waals surface area contributed by atoms with Crippen LogP contribution in [0.5, 0.6) is 0 Å². The number of carboxylic acid groups (broad SMARTS) is 1. The van der Waals surface area contributed by atoms with Crippen LogP contribution in [0.1, 0.15) is 23.0 Å². The fraction of sp³-hybridized carbons (Fsp3) is 0.107. The Morgan fingerprint density at radius 1 is 1.08 bits per heavy atom. The largest absolute Gasteiger partial charge is 0.465 e. The maximum atomic E-state index is 14.2. The Bertz CT molecular complexity index is 1530. The number of H-pyrrole nitrogens is 1. The number of rotatable bonds is 8. The van der Waals surface area contributed by atoms with Crippen molar-refractivity contribution in [1.82, 2.24) is 15.3 Å². The predicted molar refractivity (Wildman–Crippen MR) is 147 cm³/mol. The summed E-state index contributed by atoms with van der Waals surface area (Å²) in [6.07, 6.45) is 1.27. The number of carbonyl (C=O) groups excluding carboxylic acids is 1. The van der Waals surface area contributed by atoms with Crippen LogP contribution in [0.15, 0.2) is 72.8 Å².